The Hall–Kier alpha value is -5.05. The van der Waals surface area contributed by atoms with Crippen molar-refractivity contribution < 1.29 is 13.6 Å². The number of carbonyl (C=O) groups is 1. The van der Waals surface area contributed by atoms with Crippen LogP contribution in [0, 0.1) is 5.82 Å². The highest BCUT2D eigenvalue weighted by Gasteiger charge is 2.29. The standard InChI is InChI=1S/C29H23FN6O2/c1-34-26(20-5-8-24(9-6-20)35-13-12-31-18-35)17-33-29(34)25(16-23-4-2-3-11-32-23)36(19-37)28-15-21-14-22(30)7-10-27(21)38-28/h2-15,17-19,25H,16H2,1H3. The summed E-state index contributed by atoms with van der Waals surface area (Å²) in [5.74, 6) is 0.583. The molecule has 0 aliphatic rings. The number of imidazole rings is 2. The van der Waals surface area contributed by atoms with Crippen LogP contribution in [0.2, 0.25) is 0 Å². The Morgan fingerprint density at radius 1 is 1.05 bits per heavy atom. The molecule has 1 atom stereocenters. The molecule has 0 bridgehead atoms. The molecule has 38 heavy (non-hydrogen) atoms. The predicted octanol–water partition coefficient (Wildman–Crippen LogP) is 5.50. The summed E-state index contributed by atoms with van der Waals surface area (Å²) in [6, 6.07) is 19.1. The highest BCUT2D eigenvalue weighted by Crippen LogP contribution is 2.34. The molecule has 0 aliphatic heterocycles. The van der Waals surface area contributed by atoms with Gasteiger partial charge in [-0.25, -0.2) is 14.4 Å². The fourth-order valence-corrected chi connectivity index (χ4v) is 4.66. The SMILES string of the molecule is Cn1c(-c2ccc(-n3ccnc3)cc2)cnc1C(Cc1ccccn1)N(C=O)c1cc2cc(F)ccc2o1. The van der Waals surface area contributed by atoms with Gasteiger partial charge in [-0.05, 0) is 48.0 Å². The molecule has 2 aromatic carbocycles. The van der Waals surface area contributed by atoms with Crippen LogP contribution in [0.1, 0.15) is 17.6 Å². The van der Waals surface area contributed by atoms with Gasteiger partial charge in [0.15, 0.2) is 0 Å². The minimum atomic E-state index is -0.531. The molecule has 9 heteroatoms. The van der Waals surface area contributed by atoms with Crippen LogP contribution in [0.5, 0.6) is 0 Å². The molecule has 8 nitrogen and oxygen atoms in total. The van der Waals surface area contributed by atoms with Crippen molar-refractivity contribution in [1.82, 2.24) is 24.1 Å². The maximum absolute atomic E-state index is 13.8. The summed E-state index contributed by atoms with van der Waals surface area (Å²) in [5.41, 5.74) is 4.14. The number of halogens is 1. The van der Waals surface area contributed by atoms with E-state index in [4.69, 9.17) is 9.40 Å². The van der Waals surface area contributed by atoms with Gasteiger partial charge in [0.2, 0.25) is 12.3 Å². The highest BCUT2D eigenvalue weighted by atomic mass is 19.1. The van der Waals surface area contributed by atoms with Crippen molar-refractivity contribution in [2.75, 3.05) is 4.90 Å². The topological polar surface area (TPSA) is 82.0 Å². The molecule has 0 N–H and O–H groups in total. The second-order valence-electron chi connectivity index (χ2n) is 8.90. The van der Waals surface area contributed by atoms with E-state index in [0.717, 1.165) is 29.0 Å². The molecule has 4 heterocycles. The van der Waals surface area contributed by atoms with Gasteiger partial charge in [0, 0.05) is 54.9 Å². The number of nitrogens with zero attached hydrogens (tertiary/aromatic N) is 6. The summed E-state index contributed by atoms with van der Waals surface area (Å²) in [6.45, 7) is 0. The van der Waals surface area contributed by atoms with Gasteiger partial charge in [-0.3, -0.25) is 14.7 Å². The molecule has 6 aromatic rings. The number of hydrogen-bond donors (Lipinski definition) is 0. The molecule has 1 amide bonds. The lowest BCUT2D eigenvalue weighted by atomic mass is 10.1. The zero-order valence-corrected chi connectivity index (χ0v) is 20.5. The fraction of sp³-hybridized carbons (Fsp3) is 0.103. The number of hydrogen-bond acceptors (Lipinski definition) is 5. The van der Waals surface area contributed by atoms with Crippen molar-refractivity contribution in [3.05, 3.63) is 115 Å². The van der Waals surface area contributed by atoms with E-state index in [9.17, 15) is 9.18 Å². The molecular formula is C29H23FN6O2. The minimum Gasteiger partial charge on any atom is -0.440 e. The first kappa shape index (κ1) is 23.4. The molecule has 0 radical (unpaired) electrons. The van der Waals surface area contributed by atoms with Crippen LogP contribution in [0.25, 0.3) is 27.9 Å². The maximum atomic E-state index is 13.8. The number of furan rings is 1. The monoisotopic (exact) mass is 506 g/mol. The van der Waals surface area contributed by atoms with Crippen molar-refractivity contribution in [2.45, 2.75) is 12.5 Å². The number of pyridine rings is 1. The summed E-state index contributed by atoms with van der Waals surface area (Å²) < 4.78 is 23.7. The van der Waals surface area contributed by atoms with E-state index in [2.05, 4.69) is 9.97 Å². The maximum Gasteiger partial charge on any atom is 0.217 e. The smallest absolute Gasteiger partial charge is 0.217 e. The zero-order chi connectivity index (χ0) is 26.1. The normalized spacial score (nSPS) is 12.1. The Kier molecular flexibility index (Phi) is 6.01. The van der Waals surface area contributed by atoms with E-state index >= 15 is 0 Å². The molecule has 1 unspecified atom stereocenters. The van der Waals surface area contributed by atoms with Crippen molar-refractivity contribution in [2.24, 2.45) is 7.05 Å². The lowest BCUT2D eigenvalue weighted by molar-refractivity contribution is -0.108. The fourth-order valence-electron chi connectivity index (χ4n) is 4.66. The van der Waals surface area contributed by atoms with Gasteiger partial charge in [-0.2, -0.15) is 0 Å². The first-order valence-electron chi connectivity index (χ1n) is 12.0. The molecule has 4 aromatic heterocycles. The summed E-state index contributed by atoms with van der Waals surface area (Å²) in [6.07, 6.45) is 10.0. The van der Waals surface area contributed by atoms with Crippen molar-refractivity contribution in [3.63, 3.8) is 0 Å². The third-order valence-corrected chi connectivity index (χ3v) is 6.59. The third-order valence-electron chi connectivity index (χ3n) is 6.59. The number of aromatic nitrogens is 5. The van der Waals surface area contributed by atoms with Crippen molar-refractivity contribution >= 4 is 23.3 Å². The number of fused-ring (bicyclic) bond motifs is 1. The van der Waals surface area contributed by atoms with Crippen LogP contribution in [0.4, 0.5) is 10.3 Å². The van der Waals surface area contributed by atoms with Gasteiger partial charge in [0.05, 0.1) is 18.2 Å². The molecule has 0 saturated carbocycles. The molecular weight excluding hydrogens is 483 g/mol. The van der Waals surface area contributed by atoms with E-state index in [-0.39, 0.29) is 5.82 Å². The Balaban J connectivity index is 1.40. The largest absolute Gasteiger partial charge is 0.440 e. The summed E-state index contributed by atoms with van der Waals surface area (Å²) in [4.78, 5) is 27.3. The summed E-state index contributed by atoms with van der Waals surface area (Å²) in [5, 5.41) is 0.571. The molecule has 188 valence electrons. The lowest BCUT2D eigenvalue weighted by Gasteiger charge is -2.26. The number of benzene rings is 2. The van der Waals surface area contributed by atoms with E-state index in [1.807, 2.05) is 64.8 Å². The van der Waals surface area contributed by atoms with Crippen LogP contribution in [-0.4, -0.2) is 30.5 Å². The van der Waals surface area contributed by atoms with Crippen LogP contribution < -0.4 is 4.90 Å². The van der Waals surface area contributed by atoms with Crippen LogP contribution in [0.15, 0.2) is 102 Å². The zero-order valence-electron chi connectivity index (χ0n) is 20.5. The second kappa shape index (κ2) is 9.78. The number of carbonyl (C=O) groups excluding carboxylic acids is 1. The van der Waals surface area contributed by atoms with Gasteiger partial charge < -0.3 is 13.6 Å². The molecule has 6 rings (SSSR count). The van der Waals surface area contributed by atoms with E-state index in [1.54, 1.807) is 37.1 Å². The Bertz CT molecular complexity index is 1690. The van der Waals surface area contributed by atoms with E-state index < -0.39 is 6.04 Å². The number of anilines is 1. The van der Waals surface area contributed by atoms with Gasteiger partial charge >= 0.3 is 0 Å². The van der Waals surface area contributed by atoms with E-state index in [1.165, 1.54) is 17.0 Å². The van der Waals surface area contributed by atoms with Gasteiger partial charge in [0.25, 0.3) is 0 Å². The average molecular weight is 507 g/mol. The second-order valence-corrected chi connectivity index (χ2v) is 8.90. The first-order chi connectivity index (χ1) is 18.6. The molecule has 0 fully saturated rings. The minimum absolute atomic E-state index is 0.302. The lowest BCUT2D eigenvalue weighted by Crippen LogP contribution is -2.31. The first-order valence-corrected chi connectivity index (χ1v) is 12.0. The van der Waals surface area contributed by atoms with Crippen molar-refractivity contribution in [3.8, 4) is 16.9 Å². The Morgan fingerprint density at radius 3 is 2.66 bits per heavy atom. The highest BCUT2D eigenvalue weighted by molar-refractivity contribution is 5.85. The average Bonchev–Trinajstić information content (AvgIpc) is 3.69. The van der Waals surface area contributed by atoms with Crippen LogP contribution in [0.3, 0.4) is 0 Å². The van der Waals surface area contributed by atoms with E-state index in [0.29, 0.717) is 29.1 Å². The van der Waals surface area contributed by atoms with Gasteiger partial charge in [-0.15, -0.1) is 0 Å². The molecule has 0 spiro atoms. The Morgan fingerprint density at radius 2 is 1.92 bits per heavy atom. The predicted molar refractivity (Wildman–Crippen MR) is 141 cm³/mol. The molecule has 0 aliphatic carbocycles. The Labute approximate surface area is 217 Å². The van der Waals surface area contributed by atoms with Crippen LogP contribution in [-0.2, 0) is 18.3 Å². The summed E-state index contributed by atoms with van der Waals surface area (Å²) >= 11 is 0. The van der Waals surface area contributed by atoms with Crippen molar-refractivity contribution in [1.29, 1.82) is 0 Å². The summed E-state index contributed by atoms with van der Waals surface area (Å²) in [7, 11) is 1.92. The number of amides is 1. The number of rotatable bonds is 8. The van der Waals surface area contributed by atoms with Gasteiger partial charge in [0.1, 0.15) is 23.3 Å². The molecule has 0 saturated heterocycles. The third kappa shape index (κ3) is 4.34. The quantitative estimate of drug-likeness (QED) is 0.255. The van der Waals surface area contributed by atoms with Crippen LogP contribution >= 0.6 is 0 Å². The van der Waals surface area contributed by atoms with Gasteiger partial charge in [-0.1, -0.05) is 18.2 Å².